The molecule has 1 N–H and O–H groups in total. The molecule has 1 amide bonds. The Morgan fingerprint density at radius 2 is 1.81 bits per heavy atom. The molecule has 3 aromatic rings. The van der Waals surface area contributed by atoms with Crippen LogP contribution < -0.4 is 10.2 Å². The van der Waals surface area contributed by atoms with Crippen molar-refractivity contribution in [2.75, 3.05) is 23.3 Å². The van der Waals surface area contributed by atoms with Crippen molar-refractivity contribution in [2.45, 2.75) is 19.8 Å². The molecule has 0 saturated carbocycles. The zero-order valence-electron chi connectivity index (χ0n) is 14.3. The summed E-state index contributed by atoms with van der Waals surface area (Å²) in [5.41, 5.74) is 3.12. The van der Waals surface area contributed by atoms with Crippen LogP contribution in [0.3, 0.4) is 0 Å². The number of hydrogen-bond donors (Lipinski definition) is 1. The minimum absolute atomic E-state index is 0.194. The molecule has 0 bridgehead atoms. The first-order chi connectivity index (χ1) is 12.7. The zero-order chi connectivity index (χ0) is 17.9. The van der Waals surface area contributed by atoms with E-state index in [1.165, 1.54) is 12.8 Å². The first-order valence-electron chi connectivity index (χ1n) is 8.50. The predicted molar refractivity (Wildman–Crippen MR) is 102 cm³/mol. The van der Waals surface area contributed by atoms with E-state index in [0.29, 0.717) is 16.3 Å². The van der Waals surface area contributed by atoms with Crippen LogP contribution >= 0.6 is 11.5 Å². The molecule has 26 heavy (non-hydrogen) atoms. The molecule has 0 aliphatic carbocycles. The van der Waals surface area contributed by atoms with Gasteiger partial charge in [0.1, 0.15) is 4.88 Å². The maximum absolute atomic E-state index is 12.2. The van der Waals surface area contributed by atoms with Gasteiger partial charge in [0.2, 0.25) is 0 Å². The quantitative estimate of drug-likeness (QED) is 0.764. The Morgan fingerprint density at radius 1 is 1.04 bits per heavy atom. The van der Waals surface area contributed by atoms with E-state index in [0.717, 1.165) is 41.7 Å². The van der Waals surface area contributed by atoms with Gasteiger partial charge in [-0.05, 0) is 55.6 Å². The summed E-state index contributed by atoms with van der Waals surface area (Å²) < 4.78 is 3.79. The lowest BCUT2D eigenvalue weighted by Crippen LogP contribution is -2.19. The number of amides is 1. The second kappa shape index (κ2) is 7.17. The van der Waals surface area contributed by atoms with Gasteiger partial charge in [-0.25, -0.2) is 0 Å². The summed E-state index contributed by atoms with van der Waals surface area (Å²) in [6.07, 6.45) is 2.43. The summed E-state index contributed by atoms with van der Waals surface area (Å²) in [5.74, 6) is 0.740. The molecule has 132 valence electrons. The topological polar surface area (TPSA) is 83.9 Å². The summed E-state index contributed by atoms with van der Waals surface area (Å²) in [7, 11) is 0. The van der Waals surface area contributed by atoms with Crippen molar-refractivity contribution >= 4 is 28.9 Å². The van der Waals surface area contributed by atoms with Gasteiger partial charge in [-0.3, -0.25) is 4.79 Å². The molecule has 4 rings (SSSR count). The molecule has 7 nitrogen and oxygen atoms in total. The van der Waals surface area contributed by atoms with Crippen molar-refractivity contribution in [1.82, 2.24) is 19.8 Å². The van der Waals surface area contributed by atoms with Crippen LogP contribution in [0.25, 0.3) is 11.3 Å². The van der Waals surface area contributed by atoms with Crippen molar-refractivity contribution < 1.29 is 4.79 Å². The number of nitrogens with zero attached hydrogens (tertiary/aromatic N) is 5. The van der Waals surface area contributed by atoms with E-state index < -0.39 is 0 Å². The van der Waals surface area contributed by atoms with E-state index >= 15 is 0 Å². The Hall–Kier alpha value is -2.87. The van der Waals surface area contributed by atoms with Crippen molar-refractivity contribution in [2.24, 2.45) is 0 Å². The van der Waals surface area contributed by atoms with Crippen LogP contribution in [-0.2, 0) is 0 Å². The van der Waals surface area contributed by atoms with Crippen LogP contribution in [0.2, 0.25) is 0 Å². The van der Waals surface area contributed by atoms with Gasteiger partial charge in [0.15, 0.2) is 5.82 Å². The first kappa shape index (κ1) is 16.6. The molecule has 0 spiro atoms. The predicted octanol–water partition coefficient (Wildman–Crippen LogP) is 3.16. The lowest BCUT2D eigenvalue weighted by molar-refractivity contribution is 0.103. The SMILES string of the molecule is Cc1nnsc1C(=O)Nc1ccc(-c2ccc(N3CCCC3)nn2)cc1. The molecule has 1 aliphatic heterocycles. The van der Waals surface area contributed by atoms with Crippen molar-refractivity contribution in [3.05, 3.63) is 47.0 Å². The summed E-state index contributed by atoms with van der Waals surface area (Å²) in [5, 5.41) is 15.4. The number of rotatable bonds is 4. The Bertz CT molecular complexity index is 900. The van der Waals surface area contributed by atoms with Gasteiger partial charge < -0.3 is 10.2 Å². The summed E-state index contributed by atoms with van der Waals surface area (Å²) in [6, 6.07) is 11.6. The van der Waals surface area contributed by atoms with Crippen LogP contribution in [0.5, 0.6) is 0 Å². The van der Waals surface area contributed by atoms with Gasteiger partial charge >= 0.3 is 0 Å². The average molecular weight is 366 g/mol. The van der Waals surface area contributed by atoms with Crippen LogP contribution in [0.15, 0.2) is 36.4 Å². The molecule has 1 aliphatic rings. The van der Waals surface area contributed by atoms with Crippen LogP contribution in [0, 0.1) is 6.92 Å². The number of anilines is 2. The highest BCUT2D eigenvalue weighted by atomic mass is 32.1. The highest BCUT2D eigenvalue weighted by Gasteiger charge is 2.15. The first-order valence-corrected chi connectivity index (χ1v) is 9.27. The maximum Gasteiger partial charge on any atom is 0.269 e. The van der Waals surface area contributed by atoms with E-state index in [9.17, 15) is 4.79 Å². The largest absolute Gasteiger partial charge is 0.355 e. The van der Waals surface area contributed by atoms with E-state index in [2.05, 4.69) is 30.0 Å². The normalized spacial score (nSPS) is 13.8. The molecule has 0 radical (unpaired) electrons. The Labute approximate surface area is 155 Å². The lowest BCUT2D eigenvalue weighted by Gasteiger charge is -2.15. The maximum atomic E-state index is 12.2. The molecule has 0 unspecified atom stereocenters. The average Bonchev–Trinajstić information content (AvgIpc) is 3.34. The highest BCUT2D eigenvalue weighted by Crippen LogP contribution is 2.23. The van der Waals surface area contributed by atoms with Gasteiger partial charge in [-0.15, -0.1) is 15.3 Å². The third-order valence-corrected chi connectivity index (χ3v) is 5.20. The number of hydrogen-bond acceptors (Lipinski definition) is 7. The number of nitrogens with one attached hydrogen (secondary N) is 1. The van der Waals surface area contributed by atoms with Crippen molar-refractivity contribution in [3.8, 4) is 11.3 Å². The Kier molecular flexibility index (Phi) is 4.57. The fourth-order valence-electron chi connectivity index (χ4n) is 2.95. The highest BCUT2D eigenvalue weighted by molar-refractivity contribution is 7.08. The van der Waals surface area contributed by atoms with Crippen molar-refractivity contribution in [1.29, 1.82) is 0 Å². The van der Waals surface area contributed by atoms with Gasteiger partial charge in [-0.1, -0.05) is 16.6 Å². The summed E-state index contributed by atoms with van der Waals surface area (Å²) in [4.78, 5) is 15.0. The van der Waals surface area contributed by atoms with Gasteiger partial charge in [0.05, 0.1) is 11.4 Å². The lowest BCUT2D eigenvalue weighted by atomic mass is 10.1. The van der Waals surface area contributed by atoms with Crippen molar-refractivity contribution in [3.63, 3.8) is 0 Å². The minimum atomic E-state index is -0.194. The van der Waals surface area contributed by atoms with E-state index in [4.69, 9.17) is 0 Å². The number of carbonyl (C=O) groups excluding carboxylic acids is 1. The van der Waals surface area contributed by atoms with Gasteiger partial charge in [0.25, 0.3) is 5.91 Å². The monoisotopic (exact) mass is 366 g/mol. The molecular weight excluding hydrogens is 348 g/mol. The third kappa shape index (κ3) is 3.41. The summed E-state index contributed by atoms with van der Waals surface area (Å²) >= 11 is 1.09. The molecule has 1 aromatic carbocycles. The second-order valence-electron chi connectivity index (χ2n) is 6.19. The Balaban J connectivity index is 1.45. The zero-order valence-corrected chi connectivity index (χ0v) is 15.2. The second-order valence-corrected chi connectivity index (χ2v) is 6.94. The van der Waals surface area contributed by atoms with Crippen LogP contribution in [0.1, 0.15) is 28.2 Å². The number of aryl methyl sites for hydroxylation is 1. The molecule has 0 atom stereocenters. The molecule has 8 heteroatoms. The smallest absolute Gasteiger partial charge is 0.269 e. The molecule has 2 aromatic heterocycles. The molecule has 3 heterocycles. The van der Waals surface area contributed by atoms with Gasteiger partial charge in [-0.2, -0.15) is 0 Å². The number of aromatic nitrogens is 4. The standard InChI is InChI=1S/C18H18N6OS/c1-12-17(26-23-20-12)18(25)19-14-6-4-13(5-7-14)15-8-9-16(22-21-15)24-10-2-3-11-24/h4-9H,2-3,10-11H2,1H3,(H,19,25). The fourth-order valence-corrected chi connectivity index (χ4v) is 3.50. The van der Waals surface area contributed by atoms with E-state index in [-0.39, 0.29) is 5.91 Å². The van der Waals surface area contributed by atoms with Crippen LogP contribution in [0.4, 0.5) is 11.5 Å². The van der Waals surface area contributed by atoms with E-state index in [1.807, 2.05) is 36.4 Å². The number of benzene rings is 1. The summed E-state index contributed by atoms with van der Waals surface area (Å²) in [6.45, 7) is 3.88. The van der Waals surface area contributed by atoms with Gasteiger partial charge in [0, 0.05) is 24.3 Å². The Morgan fingerprint density at radius 3 is 2.42 bits per heavy atom. The van der Waals surface area contributed by atoms with E-state index in [1.54, 1.807) is 6.92 Å². The molecule has 1 fully saturated rings. The molecular formula is C18H18N6OS. The minimum Gasteiger partial charge on any atom is -0.355 e. The third-order valence-electron chi connectivity index (χ3n) is 4.38. The fraction of sp³-hybridized carbons (Fsp3) is 0.278. The number of carbonyl (C=O) groups is 1. The van der Waals surface area contributed by atoms with Crippen LogP contribution in [-0.4, -0.2) is 38.8 Å². The molecule has 1 saturated heterocycles.